The average molecular weight is 484 g/mol. The standard InChI is InChI=1S/C24H24N2O9/c1-4-6-15-9-14(11-19(33-5-2)21(15)34-13-20(27)28)10-17-22(29)26(24(31)25-17)12-16-7-8-18(35-16)23(30)32-3/h4,7-11H,1,5-6,12-13H2,2-3H3,(H,25,31)(H,27,28). The van der Waals surface area contributed by atoms with Gasteiger partial charge in [0.15, 0.2) is 18.1 Å². The van der Waals surface area contributed by atoms with E-state index in [0.29, 0.717) is 23.3 Å². The van der Waals surface area contributed by atoms with Crippen LogP contribution in [-0.4, -0.2) is 54.2 Å². The van der Waals surface area contributed by atoms with E-state index >= 15 is 0 Å². The third-order valence-corrected chi connectivity index (χ3v) is 4.79. The van der Waals surface area contributed by atoms with Crippen molar-refractivity contribution in [2.75, 3.05) is 20.3 Å². The molecule has 3 amide bonds. The predicted octanol–water partition coefficient (Wildman–Crippen LogP) is 2.75. The number of nitrogens with zero attached hydrogens (tertiary/aromatic N) is 1. The molecule has 11 nitrogen and oxygen atoms in total. The Morgan fingerprint density at radius 2 is 2.00 bits per heavy atom. The zero-order valence-corrected chi connectivity index (χ0v) is 19.2. The van der Waals surface area contributed by atoms with Crippen molar-refractivity contribution < 1.29 is 42.9 Å². The van der Waals surface area contributed by atoms with Gasteiger partial charge in [-0.05, 0) is 49.2 Å². The molecule has 3 rings (SSSR count). The van der Waals surface area contributed by atoms with Crippen LogP contribution in [0.5, 0.6) is 11.5 Å². The molecule has 0 radical (unpaired) electrons. The van der Waals surface area contributed by atoms with Crippen molar-refractivity contribution in [3.63, 3.8) is 0 Å². The molecule has 0 bridgehead atoms. The number of nitrogens with one attached hydrogen (secondary N) is 1. The normalized spacial score (nSPS) is 14.1. The molecule has 2 aromatic rings. The number of rotatable bonds is 11. The number of hydrogen-bond acceptors (Lipinski definition) is 8. The highest BCUT2D eigenvalue weighted by molar-refractivity contribution is 6.13. The van der Waals surface area contributed by atoms with E-state index in [4.69, 9.17) is 19.0 Å². The van der Waals surface area contributed by atoms with Crippen molar-refractivity contribution in [2.45, 2.75) is 19.9 Å². The van der Waals surface area contributed by atoms with Crippen LogP contribution in [0.3, 0.4) is 0 Å². The minimum absolute atomic E-state index is 0.0148. The topological polar surface area (TPSA) is 145 Å². The minimum atomic E-state index is -1.14. The molecule has 1 aromatic heterocycles. The lowest BCUT2D eigenvalue weighted by Gasteiger charge is -2.16. The van der Waals surface area contributed by atoms with E-state index in [9.17, 15) is 19.2 Å². The van der Waals surface area contributed by atoms with Gasteiger partial charge in [-0.25, -0.2) is 14.4 Å². The molecule has 1 saturated heterocycles. The summed E-state index contributed by atoms with van der Waals surface area (Å²) in [5.74, 6) is -1.68. The molecule has 11 heteroatoms. The number of urea groups is 1. The number of esters is 1. The summed E-state index contributed by atoms with van der Waals surface area (Å²) < 4.78 is 21.0. The van der Waals surface area contributed by atoms with Crippen LogP contribution in [0.4, 0.5) is 4.79 Å². The number of benzene rings is 1. The molecule has 0 atom stereocenters. The zero-order valence-electron chi connectivity index (χ0n) is 19.2. The highest BCUT2D eigenvalue weighted by Gasteiger charge is 2.34. The molecule has 0 aliphatic carbocycles. The maximum Gasteiger partial charge on any atom is 0.373 e. The fraction of sp³-hybridized carbons (Fsp3) is 0.250. The minimum Gasteiger partial charge on any atom is -0.490 e. The Hall–Kier alpha value is -4.54. The van der Waals surface area contributed by atoms with Gasteiger partial charge in [0, 0.05) is 5.56 Å². The van der Waals surface area contributed by atoms with Gasteiger partial charge < -0.3 is 29.1 Å². The van der Waals surface area contributed by atoms with E-state index in [2.05, 4.69) is 16.6 Å². The SMILES string of the molecule is C=CCc1cc(C=C2NC(=O)N(Cc3ccc(C(=O)OC)o3)C2=O)cc(OCC)c1OCC(=O)O. The quantitative estimate of drug-likeness (QED) is 0.213. The van der Waals surface area contributed by atoms with Crippen molar-refractivity contribution in [1.82, 2.24) is 10.2 Å². The summed E-state index contributed by atoms with van der Waals surface area (Å²) in [6, 6.07) is 5.47. The van der Waals surface area contributed by atoms with Gasteiger partial charge in [-0.2, -0.15) is 0 Å². The van der Waals surface area contributed by atoms with Gasteiger partial charge >= 0.3 is 18.0 Å². The Balaban J connectivity index is 1.88. The molecule has 0 saturated carbocycles. The lowest BCUT2D eigenvalue weighted by Crippen LogP contribution is -2.30. The Bertz CT molecular complexity index is 1200. The highest BCUT2D eigenvalue weighted by atomic mass is 16.5. The van der Waals surface area contributed by atoms with Crippen LogP contribution in [0.25, 0.3) is 6.08 Å². The van der Waals surface area contributed by atoms with Crippen LogP contribution < -0.4 is 14.8 Å². The number of carboxylic acids is 1. The predicted molar refractivity (Wildman–Crippen MR) is 122 cm³/mol. The van der Waals surface area contributed by atoms with E-state index in [1.165, 1.54) is 25.3 Å². The zero-order chi connectivity index (χ0) is 25.5. The maximum atomic E-state index is 12.9. The first-order chi connectivity index (χ1) is 16.8. The van der Waals surface area contributed by atoms with Crippen molar-refractivity contribution in [3.05, 3.63) is 65.3 Å². The molecular weight excluding hydrogens is 460 g/mol. The molecule has 0 unspecified atom stereocenters. The van der Waals surface area contributed by atoms with Crippen LogP contribution in [0, 0.1) is 0 Å². The first-order valence-electron chi connectivity index (χ1n) is 10.5. The Kier molecular flexibility index (Phi) is 7.92. The van der Waals surface area contributed by atoms with Gasteiger partial charge in [-0.3, -0.25) is 9.69 Å². The smallest absolute Gasteiger partial charge is 0.373 e. The summed E-state index contributed by atoms with van der Waals surface area (Å²) in [6.07, 6.45) is 3.43. The number of furan rings is 1. The highest BCUT2D eigenvalue weighted by Crippen LogP contribution is 2.35. The van der Waals surface area contributed by atoms with Gasteiger partial charge in [0.25, 0.3) is 5.91 Å². The second kappa shape index (κ2) is 11.1. The largest absolute Gasteiger partial charge is 0.490 e. The van der Waals surface area contributed by atoms with Gasteiger partial charge in [0.05, 0.1) is 20.3 Å². The Labute approximate surface area is 200 Å². The third kappa shape index (κ3) is 5.88. The molecule has 35 heavy (non-hydrogen) atoms. The Morgan fingerprint density at radius 1 is 1.23 bits per heavy atom. The summed E-state index contributed by atoms with van der Waals surface area (Å²) in [5.41, 5.74) is 1.13. The number of carboxylic acid groups (broad SMARTS) is 1. The number of methoxy groups -OCH3 is 1. The first kappa shape index (κ1) is 25.1. The van der Waals surface area contributed by atoms with Crippen LogP contribution in [0.15, 0.2) is 47.0 Å². The van der Waals surface area contributed by atoms with Gasteiger partial charge in [0.1, 0.15) is 11.5 Å². The molecular formula is C24H24N2O9. The van der Waals surface area contributed by atoms with Gasteiger partial charge in [-0.15, -0.1) is 6.58 Å². The van der Waals surface area contributed by atoms with Gasteiger partial charge in [0.2, 0.25) is 5.76 Å². The lowest BCUT2D eigenvalue weighted by molar-refractivity contribution is -0.139. The van der Waals surface area contributed by atoms with Gasteiger partial charge in [-0.1, -0.05) is 6.08 Å². The number of allylic oxidation sites excluding steroid dienone is 1. The van der Waals surface area contributed by atoms with Crippen LogP contribution in [0.1, 0.15) is 34.4 Å². The van der Waals surface area contributed by atoms with E-state index in [1.807, 2.05) is 0 Å². The number of amides is 3. The summed E-state index contributed by atoms with van der Waals surface area (Å²) >= 11 is 0. The van der Waals surface area contributed by atoms with Crippen molar-refractivity contribution >= 4 is 30.0 Å². The second-order valence-corrected chi connectivity index (χ2v) is 7.25. The maximum absolute atomic E-state index is 12.9. The van der Waals surface area contributed by atoms with Crippen LogP contribution >= 0.6 is 0 Å². The lowest BCUT2D eigenvalue weighted by atomic mass is 10.0. The van der Waals surface area contributed by atoms with Crippen molar-refractivity contribution in [2.24, 2.45) is 0 Å². The first-order valence-corrected chi connectivity index (χ1v) is 10.5. The fourth-order valence-electron chi connectivity index (χ4n) is 3.35. The molecule has 1 fully saturated rings. The van der Waals surface area contributed by atoms with Crippen molar-refractivity contribution in [3.8, 4) is 11.5 Å². The molecule has 0 spiro atoms. The average Bonchev–Trinajstić information content (AvgIpc) is 3.39. The molecule has 1 aliphatic heterocycles. The summed E-state index contributed by atoms with van der Waals surface area (Å²) in [7, 11) is 1.21. The fourth-order valence-corrected chi connectivity index (χ4v) is 3.35. The molecule has 1 aromatic carbocycles. The number of hydrogen-bond donors (Lipinski definition) is 2. The number of aliphatic carboxylic acids is 1. The number of imide groups is 1. The summed E-state index contributed by atoms with van der Waals surface area (Å²) in [6.45, 7) is 5.01. The van der Waals surface area contributed by atoms with E-state index in [1.54, 1.807) is 25.1 Å². The molecule has 184 valence electrons. The van der Waals surface area contributed by atoms with Crippen LogP contribution in [0.2, 0.25) is 0 Å². The summed E-state index contributed by atoms with van der Waals surface area (Å²) in [4.78, 5) is 48.8. The Morgan fingerprint density at radius 3 is 2.66 bits per heavy atom. The second-order valence-electron chi connectivity index (χ2n) is 7.25. The van der Waals surface area contributed by atoms with E-state index in [0.717, 1.165) is 4.90 Å². The van der Waals surface area contributed by atoms with Crippen molar-refractivity contribution in [1.29, 1.82) is 0 Å². The monoisotopic (exact) mass is 484 g/mol. The number of ether oxygens (including phenoxy) is 3. The summed E-state index contributed by atoms with van der Waals surface area (Å²) in [5, 5.41) is 11.5. The molecule has 1 aliphatic rings. The molecule has 2 N–H and O–H groups in total. The molecule has 2 heterocycles. The van der Waals surface area contributed by atoms with E-state index < -0.39 is 30.5 Å². The van der Waals surface area contributed by atoms with E-state index in [-0.39, 0.29) is 36.1 Å². The number of carbonyl (C=O) groups excluding carboxylic acids is 3. The number of carbonyl (C=O) groups is 4. The third-order valence-electron chi connectivity index (χ3n) is 4.79. The van der Waals surface area contributed by atoms with Crippen LogP contribution in [-0.2, 0) is 27.3 Å².